The van der Waals surface area contributed by atoms with E-state index in [-0.39, 0.29) is 17.7 Å². The van der Waals surface area contributed by atoms with Gasteiger partial charge in [0, 0.05) is 7.05 Å². The van der Waals surface area contributed by atoms with Gasteiger partial charge in [-0.25, -0.2) is 14.6 Å². The largest absolute Gasteiger partial charge is 0.444 e. The van der Waals surface area contributed by atoms with Crippen molar-refractivity contribution in [3.63, 3.8) is 0 Å². The maximum atomic E-state index is 11.6. The molecule has 0 aliphatic carbocycles. The second-order valence-electron chi connectivity index (χ2n) is 5.56. The maximum Gasteiger partial charge on any atom is 0.408 e. The predicted molar refractivity (Wildman–Crippen MR) is 75.0 cm³/mol. The highest BCUT2D eigenvalue weighted by atomic mass is 16.6. The molecule has 0 aromatic carbocycles. The van der Waals surface area contributed by atoms with Gasteiger partial charge in [0.05, 0.1) is 6.54 Å². The number of imidazole rings is 1. The highest BCUT2D eigenvalue weighted by molar-refractivity contribution is 5.70. The van der Waals surface area contributed by atoms with Crippen molar-refractivity contribution >= 4 is 17.3 Å². The van der Waals surface area contributed by atoms with Crippen LogP contribution in [0.25, 0.3) is 11.2 Å². The summed E-state index contributed by atoms with van der Waals surface area (Å²) in [7, 11) is 1.49. The zero-order chi connectivity index (χ0) is 15.8. The lowest BCUT2D eigenvalue weighted by molar-refractivity contribution is 0.0522. The van der Waals surface area contributed by atoms with E-state index in [1.54, 1.807) is 20.8 Å². The molecule has 0 saturated carbocycles. The average Bonchev–Trinajstić information content (AvgIpc) is 2.76. The number of aromatic amines is 2. The lowest BCUT2D eigenvalue weighted by atomic mass is 10.2. The van der Waals surface area contributed by atoms with E-state index in [1.807, 2.05) is 0 Å². The van der Waals surface area contributed by atoms with Crippen LogP contribution in [0.5, 0.6) is 0 Å². The van der Waals surface area contributed by atoms with Crippen LogP contribution in [0, 0.1) is 0 Å². The van der Waals surface area contributed by atoms with Gasteiger partial charge in [0.2, 0.25) is 0 Å². The molecule has 0 bridgehead atoms. The summed E-state index contributed by atoms with van der Waals surface area (Å²) in [6, 6.07) is 0. The van der Waals surface area contributed by atoms with Gasteiger partial charge in [-0.1, -0.05) is 0 Å². The summed E-state index contributed by atoms with van der Waals surface area (Å²) in [5, 5.41) is 2.52. The lowest BCUT2D eigenvalue weighted by Gasteiger charge is -2.19. The molecular formula is C12H17N5O4. The highest BCUT2D eigenvalue weighted by Gasteiger charge is 2.17. The van der Waals surface area contributed by atoms with Gasteiger partial charge in [-0.15, -0.1) is 0 Å². The number of rotatable bonds is 2. The Kier molecular flexibility index (Phi) is 3.58. The van der Waals surface area contributed by atoms with Crippen LogP contribution in [0.15, 0.2) is 9.59 Å². The second kappa shape index (κ2) is 5.08. The number of nitrogens with zero attached hydrogens (tertiary/aromatic N) is 2. The first kappa shape index (κ1) is 14.8. The zero-order valence-electron chi connectivity index (χ0n) is 12.2. The molecule has 0 aliphatic rings. The normalized spacial score (nSPS) is 11.6. The monoisotopic (exact) mass is 295 g/mol. The number of carbonyl (C=O) groups is 1. The number of ether oxygens (including phenoxy) is 1. The van der Waals surface area contributed by atoms with Gasteiger partial charge in [0.25, 0.3) is 5.56 Å². The molecule has 1 amide bonds. The first-order chi connectivity index (χ1) is 9.67. The van der Waals surface area contributed by atoms with E-state index in [2.05, 4.69) is 20.3 Å². The Morgan fingerprint density at radius 2 is 2.00 bits per heavy atom. The Balaban J connectivity index is 2.20. The fourth-order valence-corrected chi connectivity index (χ4v) is 1.71. The number of alkyl carbamates (subject to hydrolysis) is 1. The highest BCUT2D eigenvalue weighted by Crippen LogP contribution is 2.07. The molecule has 3 N–H and O–H groups in total. The molecule has 0 fully saturated rings. The molecule has 9 heteroatoms. The van der Waals surface area contributed by atoms with E-state index >= 15 is 0 Å². The smallest absolute Gasteiger partial charge is 0.408 e. The van der Waals surface area contributed by atoms with Crippen molar-refractivity contribution in [2.24, 2.45) is 7.05 Å². The fraction of sp³-hybridized carbons (Fsp3) is 0.500. The minimum atomic E-state index is -0.598. The maximum absolute atomic E-state index is 11.6. The van der Waals surface area contributed by atoms with Crippen LogP contribution in [0.4, 0.5) is 4.79 Å². The summed E-state index contributed by atoms with van der Waals surface area (Å²) in [5.74, 6) is 0.350. The van der Waals surface area contributed by atoms with Crippen molar-refractivity contribution < 1.29 is 9.53 Å². The van der Waals surface area contributed by atoms with E-state index in [0.717, 1.165) is 0 Å². The first-order valence-electron chi connectivity index (χ1n) is 6.32. The van der Waals surface area contributed by atoms with Crippen LogP contribution < -0.4 is 16.6 Å². The Hall–Kier alpha value is -2.58. The van der Waals surface area contributed by atoms with E-state index in [9.17, 15) is 14.4 Å². The molecule has 0 saturated heterocycles. The standard InChI is InChI=1S/C12H17N5O4/c1-12(2,3)21-11(20)13-5-6-14-7-8(15-6)17(4)10(19)16-9(7)18/h5H2,1-4H3,(H,13,20)(H,14,15)(H,16,18,19). The molecule has 0 unspecified atom stereocenters. The van der Waals surface area contributed by atoms with Crippen LogP contribution in [-0.2, 0) is 18.3 Å². The Labute approximate surface area is 119 Å². The molecule has 2 rings (SSSR count). The number of H-pyrrole nitrogens is 2. The molecule has 0 spiro atoms. The summed E-state index contributed by atoms with van der Waals surface area (Å²) < 4.78 is 6.30. The van der Waals surface area contributed by atoms with Crippen molar-refractivity contribution in [2.75, 3.05) is 0 Å². The van der Waals surface area contributed by atoms with Gasteiger partial charge in [-0.2, -0.15) is 0 Å². The summed E-state index contributed by atoms with van der Waals surface area (Å²) >= 11 is 0. The first-order valence-corrected chi connectivity index (χ1v) is 6.32. The van der Waals surface area contributed by atoms with Crippen molar-refractivity contribution in [1.29, 1.82) is 0 Å². The van der Waals surface area contributed by atoms with Gasteiger partial charge in [-0.3, -0.25) is 14.3 Å². The third kappa shape index (κ3) is 3.30. The summed E-state index contributed by atoms with van der Waals surface area (Å²) in [6.07, 6.45) is -0.592. The predicted octanol–water partition coefficient (Wildman–Crippen LogP) is -0.0254. The number of carbonyl (C=O) groups excluding carboxylic acids is 1. The third-order valence-electron chi connectivity index (χ3n) is 2.60. The molecule has 2 aromatic heterocycles. The fourth-order valence-electron chi connectivity index (χ4n) is 1.71. The van der Waals surface area contributed by atoms with Crippen LogP contribution in [0.2, 0.25) is 0 Å². The number of aromatic nitrogens is 4. The topological polar surface area (TPSA) is 122 Å². The third-order valence-corrected chi connectivity index (χ3v) is 2.60. The van der Waals surface area contributed by atoms with Crippen molar-refractivity contribution in [1.82, 2.24) is 24.8 Å². The summed E-state index contributed by atoms with van der Waals surface area (Å²) in [4.78, 5) is 43.7. The van der Waals surface area contributed by atoms with Gasteiger partial charge in [0.1, 0.15) is 16.9 Å². The molecule has 0 aliphatic heterocycles. The molecular weight excluding hydrogens is 278 g/mol. The van der Waals surface area contributed by atoms with Gasteiger partial charge in [-0.05, 0) is 20.8 Å². The van der Waals surface area contributed by atoms with E-state index in [4.69, 9.17) is 4.74 Å². The number of nitrogens with one attached hydrogen (secondary N) is 3. The molecule has 0 atom stereocenters. The number of fused-ring (bicyclic) bond motifs is 1. The lowest BCUT2D eigenvalue weighted by Crippen LogP contribution is -2.32. The Morgan fingerprint density at radius 3 is 2.62 bits per heavy atom. The molecule has 114 valence electrons. The average molecular weight is 295 g/mol. The van der Waals surface area contributed by atoms with Gasteiger partial charge < -0.3 is 15.0 Å². The van der Waals surface area contributed by atoms with Gasteiger partial charge >= 0.3 is 11.8 Å². The Morgan fingerprint density at radius 1 is 1.33 bits per heavy atom. The SMILES string of the molecule is Cn1c(=O)[nH]c(=O)c2[nH]c(CNC(=O)OC(C)(C)C)nc21. The summed E-state index contributed by atoms with van der Waals surface area (Å²) in [5.41, 5.74) is -1.29. The van der Waals surface area contributed by atoms with Gasteiger partial charge in [0.15, 0.2) is 5.65 Å². The van der Waals surface area contributed by atoms with E-state index in [0.29, 0.717) is 5.82 Å². The van der Waals surface area contributed by atoms with Crippen LogP contribution in [0.3, 0.4) is 0 Å². The number of hydrogen-bond acceptors (Lipinski definition) is 5. The molecule has 2 aromatic rings. The Bertz CT molecular complexity index is 793. The number of amides is 1. The number of aryl methyl sites for hydroxylation is 1. The number of hydrogen-bond donors (Lipinski definition) is 3. The van der Waals surface area contributed by atoms with Crippen molar-refractivity contribution in [3.8, 4) is 0 Å². The van der Waals surface area contributed by atoms with E-state index < -0.39 is 22.9 Å². The molecule has 21 heavy (non-hydrogen) atoms. The van der Waals surface area contributed by atoms with Crippen LogP contribution >= 0.6 is 0 Å². The van der Waals surface area contributed by atoms with Crippen LogP contribution in [0.1, 0.15) is 26.6 Å². The molecule has 0 radical (unpaired) electrons. The second-order valence-corrected chi connectivity index (χ2v) is 5.56. The van der Waals surface area contributed by atoms with Crippen molar-refractivity contribution in [3.05, 3.63) is 26.7 Å². The quantitative estimate of drug-likeness (QED) is 0.718. The molecule has 9 nitrogen and oxygen atoms in total. The van der Waals surface area contributed by atoms with E-state index in [1.165, 1.54) is 11.6 Å². The van der Waals surface area contributed by atoms with Crippen LogP contribution in [-0.4, -0.2) is 31.2 Å². The van der Waals surface area contributed by atoms with Crippen molar-refractivity contribution in [2.45, 2.75) is 32.9 Å². The summed E-state index contributed by atoms with van der Waals surface area (Å²) in [6.45, 7) is 5.31. The minimum absolute atomic E-state index is 0.0528. The minimum Gasteiger partial charge on any atom is -0.444 e. The zero-order valence-corrected chi connectivity index (χ0v) is 12.2. The molecule has 2 heterocycles.